The number of hydrogen-bond donors (Lipinski definition) is 0. The van der Waals surface area contributed by atoms with Crippen LogP contribution in [0.2, 0.25) is 19.6 Å². The molecule has 0 atom stereocenters. The van der Waals surface area contributed by atoms with Gasteiger partial charge in [0.2, 0.25) is 0 Å². The molecule has 5 nitrogen and oxygen atoms in total. The van der Waals surface area contributed by atoms with Gasteiger partial charge in [-0.1, -0.05) is 136 Å². The summed E-state index contributed by atoms with van der Waals surface area (Å²) in [7, 11) is -0.861. The molecule has 0 bridgehead atoms. The Morgan fingerprint density at radius 2 is 0.898 bits per heavy atom. The monoisotopic (exact) mass is 817 g/mol. The molecule has 0 saturated carbocycles. The Kier molecular flexibility index (Phi) is 21.4. The van der Waals surface area contributed by atoms with E-state index in [1.807, 2.05) is 36.7 Å². The largest absolute Gasteiger partial charge is 3.00 e. The van der Waals surface area contributed by atoms with Crippen LogP contribution in [0.3, 0.4) is 0 Å². The van der Waals surface area contributed by atoms with Gasteiger partial charge in [-0.15, -0.1) is 19.5 Å². The van der Waals surface area contributed by atoms with Crippen LogP contribution in [-0.4, -0.2) is 33.7 Å². The Bertz CT molecular complexity index is 1320. The van der Waals surface area contributed by atoms with Crippen LogP contribution in [0.4, 0.5) is 11.4 Å². The Morgan fingerprint density at radius 3 is 1.10 bits per heavy atom. The minimum atomic E-state index is -0.861. The van der Waals surface area contributed by atoms with E-state index in [1.54, 1.807) is 12.4 Å². The van der Waals surface area contributed by atoms with Gasteiger partial charge in [0.25, 0.3) is 0 Å². The Labute approximate surface area is 332 Å². The normalized spacial score (nSPS) is 12.9. The molecular weight excluding hydrogens is 755 g/mol. The standard InChI is InChI=1S/2C17H21N2.C4H8O.C4H11Si.Sm/c2*1-12(2)15-8-5-9-16(13(3)4)17(15)19-11-14-7-6-10-18-14;1-2-4-5-3-1;1-5(2,3)4;/h2*5-13H,1-4H3;1-4H2;1H2,2-4H3;/q2*-1;;-1;+3. The van der Waals surface area contributed by atoms with Crippen LogP contribution >= 0.6 is 0 Å². The third-order valence-corrected chi connectivity index (χ3v) is 7.32. The van der Waals surface area contributed by atoms with Crippen LogP contribution in [0.5, 0.6) is 0 Å². The fourth-order valence-corrected chi connectivity index (χ4v) is 4.87. The van der Waals surface area contributed by atoms with E-state index in [2.05, 4.69) is 128 Å². The molecule has 265 valence electrons. The van der Waals surface area contributed by atoms with Gasteiger partial charge in [-0.3, -0.25) is 9.98 Å². The van der Waals surface area contributed by atoms with E-state index in [1.165, 1.54) is 35.1 Å². The number of aromatic nitrogens is 2. The van der Waals surface area contributed by atoms with E-state index >= 15 is 0 Å². The van der Waals surface area contributed by atoms with Crippen LogP contribution in [-0.2, 0) is 4.74 Å². The molecule has 1 aliphatic rings. The average Bonchev–Trinajstić information content (AvgIpc) is 3.84. The van der Waals surface area contributed by atoms with Crippen molar-refractivity contribution in [2.75, 3.05) is 13.2 Å². The van der Waals surface area contributed by atoms with Crippen molar-refractivity contribution in [3.8, 4) is 0 Å². The predicted molar refractivity (Wildman–Crippen MR) is 212 cm³/mol. The summed E-state index contributed by atoms with van der Waals surface area (Å²) in [5.74, 6) is 1.88. The topological polar surface area (TPSA) is 62.1 Å². The molecule has 1 saturated heterocycles. The van der Waals surface area contributed by atoms with Gasteiger partial charge in [-0.2, -0.15) is 12.4 Å². The first kappa shape index (κ1) is 44.9. The molecule has 0 aliphatic carbocycles. The molecule has 1 radical (unpaired) electrons. The first-order valence-corrected chi connectivity index (χ1v) is 21.3. The van der Waals surface area contributed by atoms with Crippen LogP contribution in [0.15, 0.2) is 83.0 Å². The number of aliphatic imine (C=N–C) groups is 2. The van der Waals surface area contributed by atoms with E-state index in [0.717, 1.165) is 36.0 Å². The maximum Gasteiger partial charge on any atom is 3.00 e. The number of nitrogens with zero attached hydrogens (tertiary/aromatic N) is 4. The summed E-state index contributed by atoms with van der Waals surface area (Å²) >= 11 is 0. The molecule has 5 rings (SSSR count). The molecule has 2 aromatic heterocycles. The van der Waals surface area contributed by atoms with Crippen molar-refractivity contribution in [1.29, 1.82) is 0 Å². The van der Waals surface area contributed by atoms with Crippen molar-refractivity contribution in [3.05, 3.63) is 113 Å². The molecule has 1 fully saturated rings. The molecule has 0 unspecified atom stereocenters. The summed E-state index contributed by atoms with van der Waals surface area (Å²) in [6.45, 7) is 30.2. The molecule has 0 N–H and O–H groups in total. The summed E-state index contributed by atoms with van der Waals surface area (Å²) in [6.07, 6.45) is 9.85. The number of rotatable bonds is 8. The quantitative estimate of drug-likeness (QED) is 0.101. The third kappa shape index (κ3) is 17.6. The second-order valence-corrected chi connectivity index (χ2v) is 19.8. The number of ether oxygens (including phenoxy) is 1. The average molecular weight is 816 g/mol. The zero-order chi connectivity index (χ0) is 35.7. The molecule has 0 amide bonds. The van der Waals surface area contributed by atoms with Gasteiger partial charge in [0.05, 0.1) is 11.4 Å². The van der Waals surface area contributed by atoms with Crippen molar-refractivity contribution < 1.29 is 45.1 Å². The fourth-order valence-electron chi connectivity index (χ4n) is 4.87. The van der Waals surface area contributed by atoms with Gasteiger partial charge in [0.15, 0.2) is 0 Å². The second-order valence-electron chi connectivity index (χ2n) is 14.7. The summed E-state index contributed by atoms with van der Waals surface area (Å²) < 4.78 is 4.94. The molecule has 49 heavy (non-hydrogen) atoms. The van der Waals surface area contributed by atoms with E-state index < -0.39 is 8.07 Å². The first-order valence-electron chi connectivity index (χ1n) is 17.6. The Morgan fingerprint density at radius 1 is 0.592 bits per heavy atom. The Balaban J connectivity index is 0.000000377. The fraction of sp³-hybridized carbons (Fsp3) is 0.452. The summed E-state index contributed by atoms with van der Waals surface area (Å²) in [4.78, 5) is 17.9. The number of para-hydroxylation sites is 2. The summed E-state index contributed by atoms with van der Waals surface area (Å²) in [5.41, 5.74) is 9.23. The van der Waals surface area contributed by atoms with E-state index in [-0.39, 0.29) is 40.4 Å². The summed E-state index contributed by atoms with van der Waals surface area (Å²) in [6, 6.07) is 20.7. The molecule has 3 heterocycles. The molecular formula is C42H61N4OSiSm. The van der Waals surface area contributed by atoms with Gasteiger partial charge in [-0.05, 0) is 58.8 Å². The van der Waals surface area contributed by atoms with E-state index in [0.29, 0.717) is 23.7 Å². The van der Waals surface area contributed by atoms with E-state index in [4.69, 9.17) is 14.7 Å². The van der Waals surface area contributed by atoms with Crippen LogP contribution in [0, 0.1) is 46.9 Å². The SMILES string of the molecule is C1CCOC1.CC(C)c1cccc(C(C)C)c1N=Cc1ccc[n-]1.CC(C)c1cccc(C(C)C)c1N=Cc1ccc[n-]1.[CH2-][Si](C)(C)C.[Sm+3]. The molecule has 1 aliphatic heterocycles. The van der Waals surface area contributed by atoms with Crippen molar-refractivity contribution in [2.24, 2.45) is 9.98 Å². The maximum atomic E-state index is 4.94. The summed E-state index contributed by atoms with van der Waals surface area (Å²) in [5, 5.41) is 0. The zero-order valence-electron chi connectivity index (χ0n) is 32.0. The number of benzene rings is 2. The first-order chi connectivity index (χ1) is 22.7. The molecule has 4 aromatic rings. The Hall–Kier alpha value is -2.15. The van der Waals surface area contributed by atoms with Gasteiger partial charge < -0.3 is 21.3 Å². The van der Waals surface area contributed by atoms with Gasteiger partial charge >= 0.3 is 40.4 Å². The third-order valence-electron chi connectivity index (χ3n) is 7.32. The predicted octanol–water partition coefficient (Wildman–Crippen LogP) is 11.8. The van der Waals surface area contributed by atoms with Crippen molar-refractivity contribution >= 4 is 31.9 Å². The molecule has 7 heteroatoms. The van der Waals surface area contributed by atoms with Crippen LogP contribution in [0.1, 0.15) is 126 Å². The van der Waals surface area contributed by atoms with Gasteiger partial charge in [-0.25, -0.2) is 0 Å². The van der Waals surface area contributed by atoms with Crippen molar-refractivity contribution in [1.82, 2.24) is 9.97 Å². The van der Waals surface area contributed by atoms with E-state index in [9.17, 15) is 0 Å². The number of hydrogen-bond acceptors (Lipinski definition) is 3. The maximum absolute atomic E-state index is 4.94. The second kappa shape index (κ2) is 23.4. The van der Waals surface area contributed by atoms with Crippen molar-refractivity contribution in [3.63, 3.8) is 0 Å². The molecule has 2 aromatic carbocycles. The molecule has 0 spiro atoms. The van der Waals surface area contributed by atoms with Gasteiger partial charge in [0, 0.05) is 25.6 Å². The zero-order valence-corrected chi connectivity index (χ0v) is 35.7. The van der Waals surface area contributed by atoms with Crippen molar-refractivity contribution in [2.45, 2.75) is 112 Å². The van der Waals surface area contributed by atoms with Gasteiger partial charge in [0.1, 0.15) is 0 Å². The van der Waals surface area contributed by atoms with Crippen LogP contribution < -0.4 is 9.97 Å². The van der Waals surface area contributed by atoms with Crippen LogP contribution in [0.25, 0.3) is 0 Å². The minimum absolute atomic E-state index is 0. The smallest absolute Gasteiger partial charge is 0.663 e. The minimum Gasteiger partial charge on any atom is -0.663 e.